The topological polar surface area (TPSA) is 55.3 Å². The zero-order valence-electron chi connectivity index (χ0n) is 14.7. The molecule has 1 aliphatic rings. The summed E-state index contributed by atoms with van der Waals surface area (Å²) >= 11 is 0. The third-order valence-corrected chi connectivity index (χ3v) is 4.19. The van der Waals surface area contributed by atoms with E-state index in [9.17, 15) is 4.79 Å². The quantitative estimate of drug-likeness (QED) is 0.841. The minimum absolute atomic E-state index is 0.208. The summed E-state index contributed by atoms with van der Waals surface area (Å²) in [6, 6.07) is 8.07. The van der Waals surface area contributed by atoms with Crippen LogP contribution in [0.3, 0.4) is 0 Å². The number of ether oxygens (including phenoxy) is 1. The van der Waals surface area contributed by atoms with Crippen molar-refractivity contribution in [1.29, 1.82) is 0 Å². The summed E-state index contributed by atoms with van der Waals surface area (Å²) in [7, 11) is 0. The van der Waals surface area contributed by atoms with Crippen molar-refractivity contribution in [3.05, 3.63) is 36.2 Å². The van der Waals surface area contributed by atoms with Crippen molar-refractivity contribution in [2.45, 2.75) is 45.6 Å². The fraction of sp³-hybridized carbons (Fsp3) is 0.526. The van der Waals surface area contributed by atoms with E-state index in [1.807, 2.05) is 37.8 Å². The van der Waals surface area contributed by atoms with E-state index in [4.69, 9.17) is 4.74 Å². The predicted molar refractivity (Wildman–Crippen MR) is 93.8 cm³/mol. The molecule has 5 heteroatoms. The number of carbonyl (C=O) groups is 1. The van der Waals surface area contributed by atoms with E-state index in [2.05, 4.69) is 22.1 Å². The van der Waals surface area contributed by atoms with Crippen molar-refractivity contribution >= 4 is 17.1 Å². The zero-order chi connectivity index (χ0) is 17.2. The zero-order valence-corrected chi connectivity index (χ0v) is 14.7. The van der Waals surface area contributed by atoms with E-state index in [1.54, 1.807) is 6.20 Å². The molecule has 0 N–H and O–H groups in total. The number of fused-ring (bicyclic) bond motifs is 1. The van der Waals surface area contributed by atoms with Crippen LogP contribution in [0.25, 0.3) is 11.0 Å². The van der Waals surface area contributed by atoms with E-state index in [0.29, 0.717) is 5.92 Å². The second kappa shape index (κ2) is 6.75. The number of aromatic nitrogens is 2. The monoisotopic (exact) mass is 327 g/mol. The Labute approximate surface area is 143 Å². The Kier molecular flexibility index (Phi) is 4.69. The standard InChI is InChI=1S/C19H25N3O2/c1-19(2,3)24-18(23)22-11-5-6-14(13-22)12-16-9-8-15-7-4-10-20-17(15)21-16/h4,7-10,14H,5-6,11-13H2,1-3H3. The molecule has 2 aromatic heterocycles. The van der Waals surface area contributed by atoms with Crippen LogP contribution >= 0.6 is 0 Å². The first kappa shape index (κ1) is 16.7. The molecule has 0 aliphatic carbocycles. The van der Waals surface area contributed by atoms with Crippen LogP contribution in [-0.4, -0.2) is 39.7 Å². The van der Waals surface area contributed by atoms with E-state index in [-0.39, 0.29) is 6.09 Å². The van der Waals surface area contributed by atoms with Crippen molar-refractivity contribution in [3.63, 3.8) is 0 Å². The molecule has 1 atom stereocenters. The Balaban J connectivity index is 1.65. The molecule has 0 bridgehead atoms. The molecule has 3 rings (SSSR count). The van der Waals surface area contributed by atoms with Crippen LogP contribution in [0, 0.1) is 5.92 Å². The number of carbonyl (C=O) groups excluding carboxylic acids is 1. The van der Waals surface area contributed by atoms with Crippen LogP contribution in [0.4, 0.5) is 4.79 Å². The minimum atomic E-state index is -0.449. The highest BCUT2D eigenvalue weighted by Crippen LogP contribution is 2.22. The Morgan fingerprint density at radius 1 is 1.33 bits per heavy atom. The van der Waals surface area contributed by atoms with Crippen LogP contribution in [-0.2, 0) is 11.2 Å². The number of hydrogen-bond acceptors (Lipinski definition) is 4. The third kappa shape index (κ3) is 4.22. The largest absolute Gasteiger partial charge is 0.444 e. The maximum Gasteiger partial charge on any atom is 0.410 e. The molecule has 0 aromatic carbocycles. The first-order valence-corrected chi connectivity index (χ1v) is 8.59. The summed E-state index contributed by atoms with van der Waals surface area (Å²) in [5.74, 6) is 0.417. The van der Waals surface area contributed by atoms with Gasteiger partial charge in [-0.3, -0.25) is 0 Å². The lowest BCUT2D eigenvalue weighted by Crippen LogP contribution is -2.43. The van der Waals surface area contributed by atoms with Crippen molar-refractivity contribution in [2.24, 2.45) is 5.92 Å². The van der Waals surface area contributed by atoms with E-state index < -0.39 is 5.60 Å². The molecule has 0 saturated carbocycles. The maximum atomic E-state index is 12.3. The Morgan fingerprint density at radius 3 is 2.96 bits per heavy atom. The van der Waals surface area contributed by atoms with Gasteiger partial charge in [-0.15, -0.1) is 0 Å². The summed E-state index contributed by atoms with van der Waals surface area (Å²) < 4.78 is 5.49. The summed E-state index contributed by atoms with van der Waals surface area (Å²) in [5, 5.41) is 1.06. The molecule has 1 aliphatic heterocycles. The predicted octanol–water partition coefficient (Wildman–Crippen LogP) is 3.82. The summed E-state index contributed by atoms with van der Waals surface area (Å²) in [4.78, 5) is 23.1. The van der Waals surface area contributed by atoms with Gasteiger partial charge in [-0.05, 0) is 70.2 Å². The molecule has 2 aromatic rings. The first-order chi connectivity index (χ1) is 11.4. The summed E-state index contributed by atoms with van der Waals surface area (Å²) in [6.45, 7) is 7.21. The Hall–Kier alpha value is -2.17. The van der Waals surface area contributed by atoms with Gasteiger partial charge in [-0.2, -0.15) is 0 Å². The number of hydrogen-bond donors (Lipinski definition) is 0. The second-order valence-corrected chi connectivity index (χ2v) is 7.49. The van der Waals surface area contributed by atoms with Gasteiger partial charge in [-0.1, -0.05) is 0 Å². The van der Waals surface area contributed by atoms with E-state index in [1.165, 1.54) is 0 Å². The molecule has 1 saturated heterocycles. The second-order valence-electron chi connectivity index (χ2n) is 7.49. The SMILES string of the molecule is CC(C)(C)OC(=O)N1CCCC(Cc2ccc3cccnc3n2)C1. The first-order valence-electron chi connectivity index (χ1n) is 8.59. The number of rotatable bonds is 2. The lowest BCUT2D eigenvalue weighted by atomic mass is 9.93. The summed E-state index contributed by atoms with van der Waals surface area (Å²) in [6.07, 6.45) is 4.55. The minimum Gasteiger partial charge on any atom is -0.444 e. The van der Waals surface area contributed by atoms with Gasteiger partial charge in [0.15, 0.2) is 5.65 Å². The smallest absolute Gasteiger partial charge is 0.410 e. The lowest BCUT2D eigenvalue weighted by molar-refractivity contribution is 0.0165. The fourth-order valence-corrected chi connectivity index (χ4v) is 3.13. The average molecular weight is 327 g/mol. The summed E-state index contributed by atoms with van der Waals surface area (Å²) in [5.41, 5.74) is 1.38. The number of nitrogens with zero attached hydrogens (tertiary/aromatic N) is 3. The van der Waals surface area contributed by atoms with Crippen LogP contribution in [0.5, 0.6) is 0 Å². The molecule has 1 amide bonds. The molecule has 24 heavy (non-hydrogen) atoms. The Bertz CT molecular complexity index is 724. The number of piperidine rings is 1. The van der Waals surface area contributed by atoms with Gasteiger partial charge in [0, 0.05) is 30.4 Å². The van der Waals surface area contributed by atoms with Gasteiger partial charge in [0.2, 0.25) is 0 Å². The van der Waals surface area contributed by atoms with Gasteiger partial charge >= 0.3 is 6.09 Å². The fourth-order valence-electron chi connectivity index (χ4n) is 3.13. The molecule has 0 radical (unpaired) electrons. The highest BCUT2D eigenvalue weighted by molar-refractivity contribution is 5.74. The van der Waals surface area contributed by atoms with Gasteiger partial charge in [-0.25, -0.2) is 14.8 Å². The Morgan fingerprint density at radius 2 is 2.17 bits per heavy atom. The molecule has 5 nitrogen and oxygen atoms in total. The van der Waals surface area contributed by atoms with Crippen molar-refractivity contribution in [1.82, 2.24) is 14.9 Å². The normalized spacial score (nSPS) is 18.6. The maximum absolute atomic E-state index is 12.3. The number of likely N-dealkylation sites (tertiary alicyclic amines) is 1. The van der Waals surface area contributed by atoms with Crippen molar-refractivity contribution < 1.29 is 9.53 Å². The number of amides is 1. The molecule has 0 spiro atoms. The van der Waals surface area contributed by atoms with Gasteiger partial charge in [0.25, 0.3) is 0 Å². The van der Waals surface area contributed by atoms with Crippen LogP contribution in [0.2, 0.25) is 0 Å². The van der Waals surface area contributed by atoms with Gasteiger partial charge < -0.3 is 9.64 Å². The highest BCUT2D eigenvalue weighted by Gasteiger charge is 2.27. The highest BCUT2D eigenvalue weighted by atomic mass is 16.6. The molecule has 128 valence electrons. The van der Waals surface area contributed by atoms with E-state index in [0.717, 1.165) is 49.1 Å². The van der Waals surface area contributed by atoms with Crippen LogP contribution in [0.1, 0.15) is 39.3 Å². The van der Waals surface area contributed by atoms with Crippen molar-refractivity contribution in [3.8, 4) is 0 Å². The van der Waals surface area contributed by atoms with Crippen LogP contribution in [0.15, 0.2) is 30.5 Å². The third-order valence-electron chi connectivity index (χ3n) is 4.19. The molecule has 3 heterocycles. The molecular formula is C19H25N3O2. The molecule has 1 fully saturated rings. The average Bonchev–Trinajstić information content (AvgIpc) is 2.53. The lowest BCUT2D eigenvalue weighted by Gasteiger charge is -2.34. The number of pyridine rings is 2. The van der Waals surface area contributed by atoms with Gasteiger partial charge in [0.05, 0.1) is 0 Å². The molecule has 1 unspecified atom stereocenters. The van der Waals surface area contributed by atoms with Gasteiger partial charge in [0.1, 0.15) is 5.60 Å². The van der Waals surface area contributed by atoms with Crippen molar-refractivity contribution in [2.75, 3.05) is 13.1 Å². The molecular weight excluding hydrogens is 302 g/mol. The van der Waals surface area contributed by atoms with Crippen LogP contribution < -0.4 is 0 Å². The van der Waals surface area contributed by atoms with E-state index >= 15 is 0 Å².